The van der Waals surface area contributed by atoms with Gasteiger partial charge in [0.2, 0.25) is 0 Å². The van der Waals surface area contributed by atoms with Crippen LogP contribution in [0.2, 0.25) is 0 Å². The van der Waals surface area contributed by atoms with Crippen LogP contribution in [0.25, 0.3) is 0 Å². The predicted molar refractivity (Wildman–Crippen MR) is 111 cm³/mol. The van der Waals surface area contributed by atoms with E-state index in [1.165, 1.54) is 24.1 Å². The summed E-state index contributed by atoms with van der Waals surface area (Å²) in [4.78, 5) is 18.4. The summed E-state index contributed by atoms with van der Waals surface area (Å²) >= 11 is 0. The van der Waals surface area contributed by atoms with E-state index in [-0.39, 0.29) is 12.0 Å². The Morgan fingerprint density at radius 2 is 2.07 bits per heavy atom. The average Bonchev–Trinajstić information content (AvgIpc) is 3.20. The molecule has 1 atom stereocenters. The number of carbonyl (C=O) groups excluding carboxylic acids is 1. The van der Waals surface area contributed by atoms with Crippen LogP contribution in [-0.2, 0) is 9.53 Å². The standard InChI is InChI=1S/C21H34N4O2/c1-4-22-21(23-13-9-12-20(26)27-5-2)24-17(3)18-10-8-11-19(16-18)25-14-6-7-15-25/h8,10-11,16-17H,4-7,9,12-15H2,1-3H3,(H2,22,23,24). The molecule has 6 heteroatoms. The Morgan fingerprint density at radius 1 is 1.30 bits per heavy atom. The first-order valence-corrected chi connectivity index (χ1v) is 10.2. The van der Waals surface area contributed by atoms with Crippen molar-refractivity contribution in [2.75, 3.05) is 37.7 Å². The molecule has 1 aliphatic rings. The molecular formula is C21H34N4O2. The van der Waals surface area contributed by atoms with E-state index in [0.29, 0.717) is 26.0 Å². The Bertz CT molecular complexity index is 612. The minimum Gasteiger partial charge on any atom is -0.466 e. The zero-order chi connectivity index (χ0) is 19.5. The summed E-state index contributed by atoms with van der Waals surface area (Å²) in [5, 5.41) is 6.75. The Labute approximate surface area is 163 Å². The second-order valence-corrected chi connectivity index (χ2v) is 6.82. The summed E-state index contributed by atoms with van der Waals surface area (Å²) in [6, 6.07) is 8.89. The van der Waals surface area contributed by atoms with Crippen LogP contribution in [0.15, 0.2) is 29.3 Å². The van der Waals surface area contributed by atoms with E-state index in [1.807, 2.05) is 6.92 Å². The van der Waals surface area contributed by atoms with Gasteiger partial charge in [0.05, 0.1) is 12.6 Å². The lowest BCUT2D eigenvalue weighted by molar-refractivity contribution is -0.143. The molecule has 0 spiro atoms. The second-order valence-electron chi connectivity index (χ2n) is 6.82. The third-order valence-corrected chi connectivity index (χ3v) is 4.65. The van der Waals surface area contributed by atoms with Gasteiger partial charge in [-0.3, -0.25) is 9.79 Å². The number of aliphatic imine (C=N–C) groups is 1. The van der Waals surface area contributed by atoms with Gasteiger partial charge in [0, 0.05) is 38.3 Å². The van der Waals surface area contributed by atoms with Gasteiger partial charge in [0.15, 0.2) is 5.96 Å². The van der Waals surface area contributed by atoms with Gasteiger partial charge < -0.3 is 20.3 Å². The molecule has 1 unspecified atom stereocenters. The zero-order valence-corrected chi connectivity index (χ0v) is 17.0. The minimum absolute atomic E-state index is 0.149. The van der Waals surface area contributed by atoms with E-state index in [4.69, 9.17) is 4.74 Å². The Balaban J connectivity index is 1.91. The highest BCUT2D eigenvalue weighted by Crippen LogP contribution is 2.23. The smallest absolute Gasteiger partial charge is 0.305 e. The Hall–Kier alpha value is -2.24. The van der Waals surface area contributed by atoms with Gasteiger partial charge in [0.25, 0.3) is 0 Å². The predicted octanol–water partition coefficient (Wildman–Crippen LogP) is 3.25. The molecule has 0 amide bonds. The van der Waals surface area contributed by atoms with Crippen LogP contribution < -0.4 is 15.5 Å². The topological polar surface area (TPSA) is 66.0 Å². The molecule has 1 heterocycles. The number of carbonyl (C=O) groups is 1. The fraction of sp³-hybridized carbons (Fsp3) is 0.619. The van der Waals surface area contributed by atoms with Crippen molar-refractivity contribution in [3.05, 3.63) is 29.8 Å². The lowest BCUT2D eigenvalue weighted by Gasteiger charge is -2.22. The number of anilines is 1. The lowest BCUT2D eigenvalue weighted by atomic mass is 10.1. The van der Waals surface area contributed by atoms with Crippen LogP contribution >= 0.6 is 0 Å². The van der Waals surface area contributed by atoms with Crippen molar-refractivity contribution in [2.24, 2.45) is 4.99 Å². The molecule has 1 fully saturated rings. The van der Waals surface area contributed by atoms with Gasteiger partial charge in [-0.25, -0.2) is 0 Å². The molecule has 27 heavy (non-hydrogen) atoms. The van der Waals surface area contributed by atoms with Crippen molar-refractivity contribution >= 4 is 17.6 Å². The van der Waals surface area contributed by atoms with Gasteiger partial charge in [-0.15, -0.1) is 0 Å². The van der Waals surface area contributed by atoms with Gasteiger partial charge in [-0.05, 0) is 57.7 Å². The first-order chi connectivity index (χ1) is 13.1. The molecule has 1 saturated heterocycles. The van der Waals surface area contributed by atoms with Crippen molar-refractivity contribution < 1.29 is 9.53 Å². The second kappa shape index (κ2) is 11.5. The highest BCUT2D eigenvalue weighted by Gasteiger charge is 2.14. The summed E-state index contributed by atoms with van der Waals surface area (Å²) in [5.74, 6) is 0.623. The van der Waals surface area contributed by atoms with E-state index in [0.717, 1.165) is 25.6 Å². The summed E-state index contributed by atoms with van der Waals surface area (Å²) in [5.41, 5.74) is 2.55. The van der Waals surface area contributed by atoms with E-state index >= 15 is 0 Å². The van der Waals surface area contributed by atoms with Gasteiger partial charge >= 0.3 is 5.97 Å². The van der Waals surface area contributed by atoms with Crippen molar-refractivity contribution in [3.8, 4) is 0 Å². The maximum Gasteiger partial charge on any atom is 0.305 e. The summed E-state index contributed by atoms with van der Waals surface area (Å²) in [6.07, 6.45) is 3.65. The fourth-order valence-electron chi connectivity index (χ4n) is 3.22. The SMILES string of the molecule is CCNC(=NCCCC(=O)OCC)NC(C)c1cccc(N2CCCC2)c1. The molecule has 0 aliphatic carbocycles. The highest BCUT2D eigenvalue weighted by atomic mass is 16.5. The van der Waals surface area contributed by atoms with E-state index < -0.39 is 0 Å². The fourth-order valence-corrected chi connectivity index (χ4v) is 3.22. The first-order valence-electron chi connectivity index (χ1n) is 10.2. The summed E-state index contributed by atoms with van der Waals surface area (Å²) < 4.78 is 4.95. The Morgan fingerprint density at radius 3 is 2.78 bits per heavy atom. The molecule has 6 nitrogen and oxygen atoms in total. The molecule has 150 valence electrons. The van der Waals surface area contributed by atoms with Gasteiger partial charge in [-0.1, -0.05) is 12.1 Å². The summed E-state index contributed by atoms with van der Waals surface area (Å²) in [7, 11) is 0. The molecule has 0 bridgehead atoms. The van der Waals surface area contributed by atoms with Crippen molar-refractivity contribution in [3.63, 3.8) is 0 Å². The molecule has 2 rings (SSSR count). The number of nitrogens with one attached hydrogen (secondary N) is 2. The monoisotopic (exact) mass is 374 g/mol. The number of rotatable bonds is 9. The number of ether oxygens (including phenoxy) is 1. The first kappa shape index (κ1) is 21.1. The quantitative estimate of drug-likeness (QED) is 0.301. The van der Waals surface area contributed by atoms with Gasteiger partial charge in [-0.2, -0.15) is 0 Å². The van der Waals surface area contributed by atoms with E-state index in [9.17, 15) is 4.79 Å². The number of guanidine groups is 1. The van der Waals surface area contributed by atoms with Crippen molar-refractivity contribution in [1.82, 2.24) is 10.6 Å². The maximum atomic E-state index is 11.4. The van der Waals surface area contributed by atoms with Crippen LogP contribution in [0.5, 0.6) is 0 Å². The third-order valence-electron chi connectivity index (χ3n) is 4.65. The number of nitrogens with zero attached hydrogens (tertiary/aromatic N) is 2. The average molecular weight is 375 g/mol. The molecule has 1 aromatic carbocycles. The minimum atomic E-state index is -0.155. The van der Waals surface area contributed by atoms with Crippen LogP contribution in [0, 0.1) is 0 Å². The van der Waals surface area contributed by atoms with Crippen LogP contribution in [0.3, 0.4) is 0 Å². The largest absolute Gasteiger partial charge is 0.466 e. The zero-order valence-electron chi connectivity index (χ0n) is 17.0. The van der Waals surface area contributed by atoms with Crippen LogP contribution in [-0.4, -0.2) is 44.7 Å². The lowest BCUT2D eigenvalue weighted by Crippen LogP contribution is -2.38. The number of benzene rings is 1. The molecule has 0 aromatic heterocycles. The molecular weight excluding hydrogens is 340 g/mol. The van der Waals surface area contributed by atoms with Crippen LogP contribution in [0.1, 0.15) is 58.1 Å². The normalized spacial score (nSPS) is 15.5. The number of esters is 1. The third kappa shape index (κ3) is 7.12. The summed E-state index contributed by atoms with van der Waals surface area (Å²) in [6.45, 7) is 10.1. The number of hydrogen-bond acceptors (Lipinski definition) is 4. The highest BCUT2D eigenvalue weighted by molar-refractivity contribution is 5.80. The molecule has 1 aliphatic heterocycles. The van der Waals surface area contributed by atoms with Crippen LogP contribution in [0.4, 0.5) is 5.69 Å². The van der Waals surface area contributed by atoms with Gasteiger partial charge in [0.1, 0.15) is 0 Å². The molecule has 2 N–H and O–H groups in total. The Kier molecular flexibility index (Phi) is 8.95. The van der Waals surface area contributed by atoms with E-state index in [1.54, 1.807) is 0 Å². The molecule has 0 saturated carbocycles. The van der Waals surface area contributed by atoms with E-state index in [2.05, 4.69) is 58.6 Å². The van der Waals surface area contributed by atoms with Crippen molar-refractivity contribution in [2.45, 2.75) is 52.5 Å². The van der Waals surface area contributed by atoms with Crippen molar-refractivity contribution in [1.29, 1.82) is 0 Å². The molecule has 0 radical (unpaired) electrons. The molecule has 1 aromatic rings. The number of hydrogen-bond donors (Lipinski definition) is 2. The maximum absolute atomic E-state index is 11.4.